The van der Waals surface area contributed by atoms with Crippen LogP contribution in [0.15, 0.2) is 59.6 Å². The van der Waals surface area contributed by atoms with Gasteiger partial charge in [0.1, 0.15) is 5.75 Å². The number of aliphatic hydroxyl groups excluding tert-OH is 1. The van der Waals surface area contributed by atoms with Gasteiger partial charge in [-0.1, -0.05) is 42.5 Å². The first-order valence-electron chi connectivity index (χ1n) is 10.4. The molecule has 2 aromatic carbocycles. The summed E-state index contributed by atoms with van der Waals surface area (Å²) < 4.78 is 34.4. The van der Waals surface area contributed by atoms with Gasteiger partial charge >= 0.3 is 6.61 Å². The maximum atomic E-state index is 12.2. The van der Waals surface area contributed by atoms with Gasteiger partial charge in [-0.25, -0.2) is 0 Å². The van der Waals surface area contributed by atoms with E-state index in [-0.39, 0.29) is 36.3 Å². The zero-order chi connectivity index (χ0) is 22.3. The fraction of sp³-hybridized carbons (Fsp3) is 0.435. The minimum Gasteiger partial charge on any atom is -0.435 e. The van der Waals surface area contributed by atoms with Gasteiger partial charge in [0, 0.05) is 19.7 Å². The summed E-state index contributed by atoms with van der Waals surface area (Å²) in [6.45, 7) is 1.97. The summed E-state index contributed by atoms with van der Waals surface area (Å²) >= 11 is 0. The SMILES string of the molecule is CCNC(=NCC(O)c1ccc(OC(F)F)cc1)NCCCCOCc1ccccc1.I. The number of nitrogens with zero attached hydrogens (tertiary/aromatic N) is 1. The number of ether oxygens (including phenoxy) is 2. The fourth-order valence-corrected chi connectivity index (χ4v) is 2.80. The molecule has 2 rings (SSSR count). The van der Waals surface area contributed by atoms with E-state index in [0.29, 0.717) is 31.3 Å². The van der Waals surface area contributed by atoms with E-state index < -0.39 is 12.7 Å². The topological polar surface area (TPSA) is 75.1 Å². The molecule has 9 heteroatoms. The van der Waals surface area contributed by atoms with Gasteiger partial charge in [0.25, 0.3) is 0 Å². The van der Waals surface area contributed by atoms with Crippen LogP contribution in [0.2, 0.25) is 0 Å². The number of rotatable bonds is 13. The summed E-state index contributed by atoms with van der Waals surface area (Å²) in [6, 6.07) is 16.0. The Morgan fingerprint density at radius 2 is 1.75 bits per heavy atom. The minimum atomic E-state index is -2.87. The number of aliphatic hydroxyl groups is 1. The van der Waals surface area contributed by atoms with E-state index in [0.717, 1.165) is 24.9 Å². The van der Waals surface area contributed by atoms with Crippen LogP contribution in [0.25, 0.3) is 0 Å². The lowest BCUT2D eigenvalue weighted by Crippen LogP contribution is -2.38. The molecule has 0 aliphatic heterocycles. The predicted molar refractivity (Wildman–Crippen MR) is 133 cm³/mol. The Bertz CT molecular complexity index is 765. The summed E-state index contributed by atoms with van der Waals surface area (Å²) in [4.78, 5) is 4.40. The van der Waals surface area contributed by atoms with Crippen LogP contribution in [-0.4, -0.2) is 43.9 Å². The molecule has 0 heterocycles. The number of guanidine groups is 1. The number of aliphatic imine (C=N–C) groups is 1. The third kappa shape index (κ3) is 11.6. The highest BCUT2D eigenvalue weighted by Gasteiger charge is 2.09. The summed E-state index contributed by atoms with van der Waals surface area (Å²) in [6.07, 6.45) is 1.00. The molecule has 1 atom stereocenters. The van der Waals surface area contributed by atoms with Crippen molar-refractivity contribution in [1.82, 2.24) is 10.6 Å². The highest BCUT2D eigenvalue weighted by atomic mass is 127. The summed E-state index contributed by atoms with van der Waals surface area (Å²) in [7, 11) is 0. The van der Waals surface area contributed by atoms with Crippen molar-refractivity contribution in [2.75, 3.05) is 26.2 Å². The van der Waals surface area contributed by atoms with E-state index >= 15 is 0 Å². The van der Waals surface area contributed by atoms with Crippen LogP contribution in [0.5, 0.6) is 5.75 Å². The molecule has 0 saturated carbocycles. The van der Waals surface area contributed by atoms with Crippen molar-refractivity contribution in [2.24, 2.45) is 4.99 Å². The first-order valence-corrected chi connectivity index (χ1v) is 10.4. The number of unbranched alkanes of at least 4 members (excludes halogenated alkanes) is 1. The number of alkyl halides is 2. The second kappa shape index (κ2) is 16.6. The van der Waals surface area contributed by atoms with E-state index in [1.54, 1.807) is 12.1 Å². The zero-order valence-corrected chi connectivity index (χ0v) is 20.5. The van der Waals surface area contributed by atoms with Crippen LogP contribution in [0, 0.1) is 0 Å². The van der Waals surface area contributed by atoms with Crippen molar-refractivity contribution >= 4 is 29.9 Å². The van der Waals surface area contributed by atoms with Gasteiger partial charge in [-0.05, 0) is 43.0 Å². The second-order valence-corrected chi connectivity index (χ2v) is 6.86. The summed E-state index contributed by atoms with van der Waals surface area (Å²) in [5.41, 5.74) is 1.74. The van der Waals surface area contributed by atoms with Gasteiger partial charge in [0.15, 0.2) is 5.96 Å². The molecule has 0 aromatic heterocycles. The van der Waals surface area contributed by atoms with Crippen molar-refractivity contribution in [1.29, 1.82) is 0 Å². The van der Waals surface area contributed by atoms with Gasteiger partial charge in [-0.2, -0.15) is 8.78 Å². The molecule has 1 unspecified atom stereocenters. The smallest absolute Gasteiger partial charge is 0.387 e. The molecule has 6 nitrogen and oxygen atoms in total. The Morgan fingerprint density at radius 3 is 2.41 bits per heavy atom. The second-order valence-electron chi connectivity index (χ2n) is 6.86. The Labute approximate surface area is 205 Å². The molecule has 0 radical (unpaired) electrons. The molecule has 2 aromatic rings. The molecule has 3 N–H and O–H groups in total. The van der Waals surface area contributed by atoms with Crippen molar-refractivity contribution in [3.05, 3.63) is 65.7 Å². The standard InChI is InChI=1S/C23H31F2N3O3.HI/c1-2-26-23(27-14-6-7-15-30-17-18-8-4-3-5-9-18)28-16-21(29)19-10-12-20(13-11-19)31-22(24)25;/h3-5,8-13,21-22,29H,2,6-7,14-17H2,1H3,(H2,26,27,28);1H. The lowest BCUT2D eigenvalue weighted by atomic mass is 10.1. The third-order valence-electron chi connectivity index (χ3n) is 4.38. The zero-order valence-electron chi connectivity index (χ0n) is 18.2. The molecule has 0 aliphatic rings. The molecular formula is C23H32F2IN3O3. The third-order valence-corrected chi connectivity index (χ3v) is 4.38. The van der Waals surface area contributed by atoms with Crippen LogP contribution in [0.1, 0.15) is 37.0 Å². The molecule has 178 valence electrons. The van der Waals surface area contributed by atoms with Gasteiger partial charge in [-0.3, -0.25) is 4.99 Å². The monoisotopic (exact) mass is 563 g/mol. The molecule has 0 aliphatic carbocycles. The van der Waals surface area contributed by atoms with E-state index in [1.165, 1.54) is 12.1 Å². The molecular weight excluding hydrogens is 531 g/mol. The van der Waals surface area contributed by atoms with Crippen LogP contribution in [-0.2, 0) is 11.3 Å². The summed E-state index contributed by atoms with van der Waals surface area (Å²) in [5.74, 6) is 0.668. The van der Waals surface area contributed by atoms with Crippen LogP contribution >= 0.6 is 24.0 Å². The maximum absolute atomic E-state index is 12.2. The predicted octanol–water partition coefficient (Wildman–Crippen LogP) is 4.49. The molecule has 0 bridgehead atoms. The lowest BCUT2D eigenvalue weighted by Gasteiger charge is -2.14. The average Bonchev–Trinajstić information content (AvgIpc) is 2.77. The van der Waals surface area contributed by atoms with Crippen molar-refractivity contribution in [3.8, 4) is 5.75 Å². The van der Waals surface area contributed by atoms with Crippen molar-refractivity contribution < 1.29 is 23.4 Å². The van der Waals surface area contributed by atoms with E-state index in [4.69, 9.17) is 4.74 Å². The Kier molecular flexibility index (Phi) is 14.6. The first-order chi connectivity index (χ1) is 15.1. The molecule has 0 fully saturated rings. The molecule has 0 saturated heterocycles. The Balaban J connectivity index is 0.00000512. The van der Waals surface area contributed by atoms with Crippen LogP contribution in [0.4, 0.5) is 8.78 Å². The number of hydrogen-bond acceptors (Lipinski definition) is 4. The fourth-order valence-electron chi connectivity index (χ4n) is 2.80. The summed E-state index contributed by atoms with van der Waals surface area (Å²) in [5, 5.41) is 16.7. The van der Waals surface area contributed by atoms with Crippen LogP contribution in [0.3, 0.4) is 0 Å². The molecule has 0 amide bonds. The lowest BCUT2D eigenvalue weighted by molar-refractivity contribution is -0.0498. The van der Waals surface area contributed by atoms with E-state index in [9.17, 15) is 13.9 Å². The van der Waals surface area contributed by atoms with Crippen molar-refractivity contribution in [3.63, 3.8) is 0 Å². The van der Waals surface area contributed by atoms with Crippen molar-refractivity contribution in [2.45, 2.75) is 39.1 Å². The van der Waals surface area contributed by atoms with E-state index in [1.807, 2.05) is 37.3 Å². The Hall–Kier alpha value is -1.98. The van der Waals surface area contributed by atoms with E-state index in [2.05, 4.69) is 20.4 Å². The quantitative estimate of drug-likeness (QED) is 0.145. The number of nitrogens with one attached hydrogen (secondary N) is 2. The largest absolute Gasteiger partial charge is 0.435 e. The highest BCUT2D eigenvalue weighted by Crippen LogP contribution is 2.19. The van der Waals surface area contributed by atoms with Gasteiger partial charge in [0.05, 0.1) is 19.3 Å². The molecule has 32 heavy (non-hydrogen) atoms. The van der Waals surface area contributed by atoms with Gasteiger partial charge in [-0.15, -0.1) is 24.0 Å². The average molecular weight is 563 g/mol. The van der Waals surface area contributed by atoms with Gasteiger partial charge < -0.3 is 25.2 Å². The molecule has 0 spiro atoms. The highest BCUT2D eigenvalue weighted by molar-refractivity contribution is 14.0. The normalized spacial score (nSPS) is 12.2. The minimum absolute atomic E-state index is 0. The number of halogens is 3. The number of benzene rings is 2. The Morgan fingerprint density at radius 1 is 1.03 bits per heavy atom. The maximum Gasteiger partial charge on any atom is 0.387 e. The first kappa shape index (κ1) is 28.1. The number of hydrogen-bond donors (Lipinski definition) is 3. The van der Waals surface area contributed by atoms with Crippen LogP contribution < -0.4 is 15.4 Å². The van der Waals surface area contributed by atoms with Gasteiger partial charge in [0.2, 0.25) is 0 Å².